The zero-order chi connectivity index (χ0) is 15.8. The van der Waals surface area contributed by atoms with Crippen LogP contribution < -0.4 is 5.73 Å². The SMILES string of the molecule is CC(C)Cc1ccc(C(N)CN(C)CCOC(C)C)cc1. The van der Waals surface area contributed by atoms with Crippen LogP contribution >= 0.6 is 0 Å². The van der Waals surface area contributed by atoms with Crippen LogP contribution in [-0.2, 0) is 11.2 Å². The standard InChI is InChI=1S/C18H32N2O/c1-14(2)12-16-6-8-17(9-7-16)18(19)13-20(5)10-11-21-15(3)4/h6-9,14-15,18H,10-13,19H2,1-5H3. The lowest BCUT2D eigenvalue weighted by molar-refractivity contribution is 0.0629. The highest BCUT2D eigenvalue weighted by Gasteiger charge is 2.10. The van der Waals surface area contributed by atoms with E-state index in [9.17, 15) is 0 Å². The van der Waals surface area contributed by atoms with Gasteiger partial charge in [-0.25, -0.2) is 0 Å². The molecule has 1 rings (SSSR count). The van der Waals surface area contributed by atoms with Crippen molar-refractivity contribution in [3.8, 4) is 0 Å². The van der Waals surface area contributed by atoms with Crippen molar-refractivity contribution in [1.82, 2.24) is 4.90 Å². The molecule has 0 aliphatic rings. The van der Waals surface area contributed by atoms with E-state index in [1.54, 1.807) is 0 Å². The van der Waals surface area contributed by atoms with E-state index in [1.807, 2.05) is 0 Å². The molecule has 0 aromatic heterocycles. The van der Waals surface area contributed by atoms with Crippen LogP contribution in [0.1, 0.15) is 44.9 Å². The number of hydrogen-bond donors (Lipinski definition) is 1. The molecule has 0 saturated carbocycles. The van der Waals surface area contributed by atoms with Crippen LogP contribution in [0.25, 0.3) is 0 Å². The van der Waals surface area contributed by atoms with E-state index in [1.165, 1.54) is 11.1 Å². The average molecular weight is 292 g/mol. The fourth-order valence-electron chi connectivity index (χ4n) is 2.35. The number of likely N-dealkylation sites (N-methyl/N-ethyl adjacent to an activating group) is 1. The van der Waals surface area contributed by atoms with Crippen LogP contribution in [0.5, 0.6) is 0 Å². The van der Waals surface area contributed by atoms with Crippen molar-refractivity contribution in [2.24, 2.45) is 11.7 Å². The molecule has 0 bridgehead atoms. The number of benzene rings is 1. The van der Waals surface area contributed by atoms with E-state index in [2.05, 4.69) is 63.9 Å². The highest BCUT2D eigenvalue weighted by Crippen LogP contribution is 2.15. The normalized spacial score (nSPS) is 13.4. The first-order valence-corrected chi connectivity index (χ1v) is 8.03. The molecule has 1 unspecified atom stereocenters. The van der Waals surface area contributed by atoms with Gasteiger partial charge in [0.25, 0.3) is 0 Å². The van der Waals surface area contributed by atoms with Gasteiger partial charge >= 0.3 is 0 Å². The Hall–Kier alpha value is -0.900. The third-order valence-corrected chi connectivity index (χ3v) is 3.48. The van der Waals surface area contributed by atoms with Gasteiger partial charge in [-0.1, -0.05) is 38.1 Å². The molecule has 0 spiro atoms. The maximum atomic E-state index is 6.30. The van der Waals surface area contributed by atoms with Crippen molar-refractivity contribution >= 4 is 0 Å². The Morgan fingerprint density at radius 1 is 1.10 bits per heavy atom. The molecular weight excluding hydrogens is 260 g/mol. The average Bonchev–Trinajstić information content (AvgIpc) is 2.38. The number of rotatable bonds is 9. The van der Waals surface area contributed by atoms with Crippen LogP contribution in [0.15, 0.2) is 24.3 Å². The Balaban J connectivity index is 2.42. The van der Waals surface area contributed by atoms with Gasteiger partial charge in [-0.15, -0.1) is 0 Å². The molecule has 0 saturated heterocycles. The summed E-state index contributed by atoms with van der Waals surface area (Å²) in [6, 6.07) is 8.80. The first-order chi connectivity index (χ1) is 9.88. The van der Waals surface area contributed by atoms with Gasteiger partial charge in [0.05, 0.1) is 12.7 Å². The summed E-state index contributed by atoms with van der Waals surface area (Å²) in [6.45, 7) is 11.1. The van der Waals surface area contributed by atoms with E-state index in [4.69, 9.17) is 10.5 Å². The third-order valence-electron chi connectivity index (χ3n) is 3.48. The van der Waals surface area contributed by atoms with E-state index >= 15 is 0 Å². The molecule has 0 fully saturated rings. The highest BCUT2D eigenvalue weighted by atomic mass is 16.5. The molecule has 0 aliphatic heterocycles. The molecule has 0 heterocycles. The second kappa shape index (κ2) is 9.19. The zero-order valence-corrected chi connectivity index (χ0v) is 14.3. The fourth-order valence-corrected chi connectivity index (χ4v) is 2.35. The van der Waals surface area contributed by atoms with Crippen LogP contribution in [0.2, 0.25) is 0 Å². The van der Waals surface area contributed by atoms with Gasteiger partial charge in [0.1, 0.15) is 0 Å². The molecule has 0 radical (unpaired) electrons. The molecule has 120 valence electrons. The largest absolute Gasteiger partial charge is 0.377 e. The summed E-state index contributed by atoms with van der Waals surface area (Å²) < 4.78 is 5.57. The van der Waals surface area contributed by atoms with Gasteiger partial charge in [0, 0.05) is 19.1 Å². The van der Waals surface area contributed by atoms with Gasteiger partial charge in [-0.05, 0) is 44.4 Å². The summed E-state index contributed by atoms with van der Waals surface area (Å²) in [5.41, 5.74) is 8.89. The Morgan fingerprint density at radius 3 is 2.24 bits per heavy atom. The number of ether oxygens (including phenoxy) is 1. The van der Waals surface area contributed by atoms with Gasteiger partial charge in [-0.2, -0.15) is 0 Å². The molecule has 2 N–H and O–H groups in total. The Kier molecular flexibility index (Phi) is 7.94. The van der Waals surface area contributed by atoms with Gasteiger partial charge < -0.3 is 15.4 Å². The summed E-state index contributed by atoms with van der Waals surface area (Å²) in [6.07, 6.45) is 1.42. The smallest absolute Gasteiger partial charge is 0.0596 e. The minimum Gasteiger partial charge on any atom is -0.377 e. The van der Waals surface area contributed by atoms with Crippen LogP contribution in [0, 0.1) is 5.92 Å². The van der Waals surface area contributed by atoms with Crippen molar-refractivity contribution in [1.29, 1.82) is 0 Å². The Morgan fingerprint density at radius 2 is 1.71 bits per heavy atom. The lowest BCUT2D eigenvalue weighted by Gasteiger charge is -2.22. The lowest BCUT2D eigenvalue weighted by atomic mass is 9.99. The molecule has 3 nitrogen and oxygen atoms in total. The molecule has 21 heavy (non-hydrogen) atoms. The molecule has 3 heteroatoms. The van der Waals surface area contributed by atoms with Crippen molar-refractivity contribution < 1.29 is 4.74 Å². The molecule has 1 aromatic carbocycles. The predicted molar refractivity (Wildman–Crippen MR) is 90.5 cm³/mol. The summed E-state index contributed by atoms with van der Waals surface area (Å²) >= 11 is 0. The fraction of sp³-hybridized carbons (Fsp3) is 0.667. The van der Waals surface area contributed by atoms with Crippen molar-refractivity contribution in [3.63, 3.8) is 0 Å². The minimum absolute atomic E-state index is 0.0575. The summed E-state index contributed by atoms with van der Waals surface area (Å²) in [4.78, 5) is 2.23. The van der Waals surface area contributed by atoms with E-state index in [0.29, 0.717) is 12.0 Å². The van der Waals surface area contributed by atoms with E-state index in [-0.39, 0.29) is 6.04 Å². The van der Waals surface area contributed by atoms with Crippen molar-refractivity contribution in [2.75, 3.05) is 26.7 Å². The van der Waals surface area contributed by atoms with Crippen molar-refractivity contribution in [2.45, 2.75) is 46.3 Å². The lowest BCUT2D eigenvalue weighted by Crippen LogP contribution is -2.32. The summed E-state index contributed by atoms with van der Waals surface area (Å²) in [7, 11) is 2.09. The first-order valence-electron chi connectivity index (χ1n) is 8.03. The number of nitrogens with two attached hydrogens (primary N) is 1. The second-order valence-corrected chi connectivity index (χ2v) is 6.63. The molecule has 0 aliphatic carbocycles. The van der Waals surface area contributed by atoms with Gasteiger partial charge in [0.15, 0.2) is 0 Å². The molecule has 1 aromatic rings. The van der Waals surface area contributed by atoms with Gasteiger partial charge in [0.2, 0.25) is 0 Å². The molecule has 0 amide bonds. The maximum Gasteiger partial charge on any atom is 0.0596 e. The highest BCUT2D eigenvalue weighted by molar-refractivity contribution is 5.25. The van der Waals surface area contributed by atoms with E-state index in [0.717, 1.165) is 26.1 Å². The van der Waals surface area contributed by atoms with E-state index < -0.39 is 0 Å². The van der Waals surface area contributed by atoms with Crippen molar-refractivity contribution in [3.05, 3.63) is 35.4 Å². The van der Waals surface area contributed by atoms with Crippen LogP contribution in [0.3, 0.4) is 0 Å². The second-order valence-electron chi connectivity index (χ2n) is 6.63. The summed E-state index contributed by atoms with van der Waals surface area (Å²) in [5.74, 6) is 0.691. The van der Waals surface area contributed by atoms with Crippen LogP contribution in [0.4, 0.5) is 0 Å². The maximum absolute atomic E-state index is 6.30. The first kappa shape index (κ1) is 18.1. The monoisotopic (exact) mass is 292 g/mol. The molecular formula is C18H32N2O. The van der Waals surface area contributed by atoms with Crippen LogP contribution in [-0.4, -0.2) is 37.7 Å². The quantitative estimate of drug-likeness (QED) is 0.759. The Bertz CT molecular complexity index is 387. The van der Waals surface area contributed by atoms with Gasteiger partial charge in [-0.3, -0.25) is 0 Å². The minimum atomic E-state index is 0.0575. The third kappa shape index (κ3) is 7.60. The topological polar surface area (TPSA) is 38.5 Å². The Labute approximate surface area is 130 Å². The zero-order valence-electron chi connectivity index (χ0n) is 14.3. The number of hydrogen-bond acceptors (Lipinski definition) is 3. The predicted octanol–water partition coefficient (Wildman–Crippen LogP) is 3.24. The molecule has 1 atom stereocenters. The summed E-state index contributed by atoms with van der Waals surface area (Å²) in [5, 5.41) is 0. The number of nitrogens with zero attached hydrogens (tertiary/aromatic N) is 1.